The van der Waals surface area contributed by atoms with Crippen molar-refractivity contribution in [2.75, 3.05) is 11.9 Å². The summed E-state index contributed by atoms with van der Waals surface area (Å²) in [4.78, 5) is 36.7. The van der Waals surface area contributed by atoms with Gasteiger partial charge in [0.1, 0.15) is 0 Å². The molecule has 0 bridgehead atoms. The Kier molecular flexibility index (Phi) is 8.80. The molecule has 1 aliphatic heterocycles. The maximum Gasteiger partial charge on any atom is 0.290 e. The van der Waals surface area contributed by atoms with E-state index in [9.17, 15) is 9.59 Å². The van der Waals surface area contributed by atoms with E-state index in [2.05, 4.69) is 49.6 Å². The molecule has 9 heteroatoms. The lowest BCUT2D eigenvalue weighted by molar-refractivity contribution is -0.115. The number of imide groups is 1. The summed E-state index contributed by atoms with van der Waals surface area (Å²) in [7, 11) is 0. The highest BCUT2D eigenvalue weighted by atomic mass is 32.2. The molecule has 0 spiro atoms. The topological polar surface area (TPSA) is 109 Å². The van der Waals surface area contributed by atoms with Crippen molar-refractivity contribution >= 4 is 40.5 Å². The minimum Gasteiger partial charge on any atom is -0.351 e. The quantitative estimate of drug-likeness (QED) is 0.334. The van der Waals surface area contributed by atoms with Crippen molar-refractivity contribution in [1.29, 1.82) is 0 Å². The zero-order valence-electron chi connectivity index (χ0n) is 20.2. The minimum atomic E-state index is -0.391. The zero-order chi connectivity index (χ0) is 25.3. The Morgan fingerprint density at radius 1 is 1.14 bits per heavy atom. The predicted molar refractivity (Wildman–Crippen MR) is 145 cm³/mol. The number of hydrogen-bond acceptors (Lipinski definition) is 8. The number of hydrogen-bond donors (Lipinski definition) is 3. The van der Waals surface area contributed by atoms with E-state index >= 15 is 0 Å². The van der Waals surface area contributed by atoms with Crippen LogP contribution >= 0.6 is 11.8 Å². The lowest BCUT2D eigenvalue weighted by Gasteiger charge is -2.30. The summed E-state index contributed by atoms with van der Waals surface area (Å²) in [6, 6.07) is 8.33. The van der Waals surface area contributed by atoms with Gasteiger partial charge in [0.25, 0.3) is 11.1 Å². The Hall–Kier alpha value is -3.56. The lowest BCUT2D eigenvalue weighted by atomic mass is 9.91. The van der Waals surface area contributed by atoms with Gasteiger partial charge in [-0.2, -0.15) is 0 Å². The molecule has 2 aromatic heterocycles. The third-order valence-electron chi connectivity index (χ3n) is 6.15. The summed E-state index contributed by atoms with van der Waals surface area (Å²) in [6.45, 7) is 6.78. The van der Waals surface area contributed by atoms with Crippen molar-refractivity contribution in [3.63, 3.8) is 0 Å². The maximum absolute atomic E-state index is 11.8. The van der Waals surface area contributed by atoms with Gasteiger partial charge in [-0.15, -0.1) is 0 Å². The number of nitrogens with one attached hydrogen (secondary N) is 3. The number of thioether (sulfide) groups is 1. The SMILES string of the molecule is C=C/C(=C\C(=C/C)CN[C@H]1CC[C@H](Nc2nccc(/C=C3\SC(=O)NC3=O)n2)CC1)c1ccccn1. The molecule has 0 radical (unpaired) electrons. The van der Waals surface area contributed by atoms with Crippen LogP contribution in [0.15, 0.2) is 71.9 Å². The number of rotatable bonds is 9. The first-order chi connectivity index (χ1) is 17.5. The summed E-state index contributed by atoms with van der Waals surface area (Å²) >= 11 is 0.880. The van der Waals surface area contributed by atoms with E-state index in [1.165, 1.54) is 5.57 Å². The number of carbonyl (C=O) groups is 2. The van der Waals surface area contributed by atoms with Crippen LogP contribution in [0, 0.1) is 0 Å². The van der Waals surface area contributed by atoms with Crippen molar-refractivity contribution < 1.29 is 9.59 Å². The Balaban J connectivity index is 1.27. The van der Waals surface area contributed by atoms with Crippen molar-refractivity contribution in [2.24, 2.45) is 0 Å². The second kappa shape index (κ2) is 12.4. The van der Waals surface area contributed by atoms with Crippen LogP contribution < -0.4 is 16.0 Å². The van der Waals surface area contributed by atoms with Gasteiger partial charge in [0.2, 0.25) is 5.95 Å². The fourth-order valence-electron chi connectivity index (χ4n) is 4.17. The third kappa shape index (κ3) is 6.99. The number of amides is 2. The molecular formula is C27H30N6O2S. The van der Waals surface area contributed by atoms with E-state index < -0.39 is 5.91 Å². The molecule has 2 aliphatic rings. The molecule has 0 atom stereocenters. The maximum atomic E-state index is 11.8. The molecule has 3 N–H and O–H groups in total. The number of carbonyl (C=O) groups excluding carboxylic acids is 2. The average molecular weight is 503 g/mol. The molecule has 1 aliphatic carbocycles. The van der Waals surface area contributed by atoms with Crippen LogP contribution in [0.3, 0.4) is 0 Å². The zero-order valence-corrected chi connectivity index (χ0v) is 21.1. The van der Waals surface area contributed by atoms with Crippen molar-refractivity contribution in [3.05, 3.63) is 83.3 Å². The molecule has 1 saturated heterocycles. The molecule has 0 aromatic carbocycles. The van der Waals surface area contributed by atoms with E-state index in [0.29, 0.717) is 22.6 Å². The van der Waals surface area contributed by atoms with Crippen LogP contribution in [-0.2, 0) is 4.79 Å². The van der Waals surface area contributed by atoms with Crippen molar-refractivity contribution in [3.8, 4) is 0 Å². The highest BCUT2D eigenvalue weighted by Crippen LogP contribution is 2.26. The smallest absolute Gasteiger partial charge is 0.290 e. The first-order valence-electron chi connectivity index (χ1n) is 12.0. The van der Waals surface area contributed by atoms with E-state index in [4.69, 9.17) is 0 Å². The number of allylic oxidation sites excluding steroid dienone is 3. The molecule has 0 unspecified atom stereocenters. The van der Waals surface area contributed by atoms with Gasteiger partial charge in [0.05, 0.1) is 16.3 Å². The fourth-order valence-corrected chi connectivity index (χ4v) is 4.84. The molecule has 2 amide bonds. The summed E-state index contributed by atoms with van der Waals surface area (Å²) in [6.07, 6.45) is 15.3. The average Bonchev–Trinajstić information content (AvgIpc) is 3.22. The molecule has 8 nitrogen and oxygen atoms in total. The Bertz CT molecular complexity index is 1200. The second-order valence-corrected chi connectivity index (χ2v) is 9.63. The molecule has 36 heavy (non-hydrogen) atoms. The Labute approximate surface area is 215 Å². The molecule has 2 aromatic rings. The van der Waals surface area contributed by atoms with Crippen LogP contribution in [0.5, 0.6) is 0 Å². The minimum absolute atomic E-state index is 0.286. The molecule has 186 valence electrons. The van der Waals surface area contributed by atoms with Gasteiger partial charge in [-0.1, -0.05) is 24.8 Å². The molecule has 1 saturated carbocycles. The van der Waals surface area contributed by atoms with Crippen LogP contribution in [0.25, 0.3) is 11.6 Å². The lowest BCUT2D eigenvalue weighted by Crippen LogP contribution is -2.38. The predicted octanol–water partition coefficient (Wildman–Crippen LogP) is 4.72. The van der Waals surface area contributed by atoms with E-state index in [1.807, 2.05) is 31.2 Å². The Morgan fingerprint density at radius 3 is 2.61 bits per heavy atom. The van der Waals surface area contributed by atoms with Gasteiger partial charge >= 0.3 is 0 Å². The summed E-state index contributed by atoms with van der Waals surface area (Å²) < 4.78 is 0. The van der Waals surface area contributed by atoms with Gasteiger partial charge in [0, 0.05) is 31.0 Å². The number of nitrogens with zero attached hydrogens (tertiary/aromatic N) is 3. The number of pyridine rings is 1. The first-order valence-corrected chi connectivity index (χ1v) is 12.8. The number of anilines is 1. The molecule has 4 rings (SSSR count). The van der Waals surface area contributed by atoms with Crippen molar-refractivity contribution in [1.82, 2.24) is 25.6 Å². The molecule has 2 fully saturated rings. The van der Waals surface area contributed by atoms with Gasteiger partial charge in [-0.25, -0.2) is 9.97 Å². The summed E-state index contributed by atoms with van der Waals surface area (Å²) in [5, 5.41) is 9.00. The van der Waals surface area contributed by atoms with Crippen LogP contribution in [0.1, 0.15) is 44.0 Å². The second-order valence-electron chi connectivity index (χ2n) is 8.61. The molecule has 3 heterocycles. The van der Waals surface area contributed by atoms with E-state index in [1.54, 1.807) is 24.5 Å². The largest absolute Gasteiger partial charge is 0.351 e. The first kappa shape index (κ1) is 25.5. The highest BCUT2D eigenvalue weighted by molar-refractivity contribution is 8.18. The standard InChI is InChI=1S/C27H30N6O2S/c1-3-18(15-19(4-2)23-7-5-6-13-28-23)17-30-20-8-10-21(11-9-20)31-26-29-14-12-22(32-26)16-24-25(34)33-27(35)36-24/h3-7,12-16,20-21,30H,2,8-11,17H2,1H3,(H,29,31,32)(H,33,34,35)/b18-3+,19-15+,24-16-/t20-,21-. The summed E-state index contributed by atoms with van der Waals surface area (Å²) in [5.74, 6) is 0.140. The van der Waals surface area contributed by atoms with Gasteiger partial charge in [0.15, 0.2) is 0 Å². The van der Waals surface area contributed by atoms with Gasteiger partial charge in [-0.3, -0.25) is 19.9 Å². The highest BCUT2D eigenvalue weighted by Gasteiger charge is 2.25. The molecular weight excluding hydrogens is 472 g/mol. The van der Waals surface area contributed by atoms with Crippen molar-refractivity contribution in [2.45, 2.75) is 44.7 Å². The van der Waals surface area contributed by atoms with E-state index in [0.717, 1.165) is 55.3 Å². The fraction of sp³-hybridized carbons (Fsp3) is 0.296. The monoisotopic (exact) mass is 502 g/mol. The normalized spacial score (nSPS) is 22.0. The summed E-state index contributed by atoms with van der Waals surface area (Å²) in [5.41, 5.74) is 3.72. The van der Waals surface area contributed by atoms with Gasteiger partial charge < -0.3 is 10.6 Å². The van der Waals surface area contributed by atoms with Gasteiger partial charge in [-0.05, 0) is 85.9 Å². The van der Waals surface area contributed by atoms with E-state index in [-0.39, 0.29) is 11.3 Å². The van der Waals surface area contributed by atoms with Crippen LogP contribution in [0.4, 0.5) is 10.7 Å². The Morgan fingerprint density at radius 2 is 1.94 bits per heavy atom. The third-order valence-corrected chi connectivity index (χ3v) is 6.96. The number of aromatic nitrogens is 3. The van der Waals surface area contributed by atoms with Crippen LogP contribution in [-0.4, -0.2) is 44.7 Å². The van der Waals surface area contributed by atoms with Crippen LogP contribution in [0.2, 0.25) is 0 Å².